The summed E-state index contributed by atoms with van der Waals surface area (Å²) in [6.07, 6.45) is 2.38. The molecule has 1 heterocycles. The Morgan fingerprint density at radius 3 is 2.25 bits per heavy atom. The lowest BCUT2D eigenvalue weighted by Gasteiger charge is -2.28. The van der Waals surface area contributed by atoms with Crippen LogP contribution in [0.4, 0.5) is 5.69 Å². The Balaban J connectivity index is 1.33. The first kappa shape index (κ1) is 21.0. The van der Waals surface area contributed by atoms with E-state index in [1.165, 1.54) is 10.5 Å². The van der Waals surface area contributed by atoms with E-state index in [2.05, 4.69) is 12.1 Å². The highest BCUT2D eigenvalue weighted by molar-refractivity contribution is 6.35. The standard InChI is InChI=1S/C26H21Cl2NO3/c27-18-7-13-24(23(28)15-18)32-20-10-8-19(9-11-20)29-25(30)21-12-6-17(14-22(21)26(29)31)16-4-2-1-3-5-16/h1-5,7-11,13,15,17,21-22H,6,12,14H2/t17-,21-,22-/m0/s1. The Labute approximate surface area is 196 Å². The third-order valence-corrected chi connectivity index (χ3v) is 6.94. The Morgan fingerprint density at radius 1 is 0.812 bits per heavy atom. The number of imide groups is 1. The Hall–Kier alpha value is -2.82. The molecule has 162 valence electrons. The molecule has 1 aliphatic heterocycles. The van der Waals surface area contributed by atoms with E-state index in [0.717, 1.165) is 12.8 Å². The molecule has 2 fully saturated rings. The van der Waals surface area contributed by atoms with Gasteiger partial charge in [-0.25, -0.2) is 0 Å². The first-order valence-electron chi connectivity index (χ1n) is 10.7. The number of hydrogen-bond acceptors (Lipinski definition) is 3. The fraction of sp³-hybridized carbons (Fsp3) is 0.231. The number of benzene rings is 3. The van der Waals surface area contributed by atoms with E-state index in [-0.39, 0.29) is 23.7 Å². The van der Waals surface area contributed by atoms with Crippen molar-refractivity contribution < 1.29 is 14.3 Å². The van der Waals surface area contributed by atoms with Gasteiger partial charge in [0.1, 0.15) is 11.5 Å². The molecule has 32 heavy (non-hydrogen) atoms. The number of anilines is 1. The summed E-state index contributed by atoms with van der Waals surface area (Å²) in [7, 11) is 0. The van der Waals surface area contributed by atoms with Crippen molar-refractivity contribution in [1.29, 1.82) is 0 Å². The maximum Gasteiger partial charge on any atom is 0.237 e. The van der Waals surface area contributed by atoms with E-state index in [0.29, 0.717) is 39.6 Å². The van der Waals surface area contributed by atoms with Gasteiger partial charge in [-0.15, -0.1) is 0 Å². The topological polar surface area (TPSA) is 46.6 Å². The van der Waals surface area contributed by atoms with Gasteiger partial charge in [0.2, 0.25) is 11.8 Å². The number of rotatable bonds is 4. The van der Waals surface area contributed by atoms with Crippen LogP contribution in [0.3, 0.4) is 0 Å². The second-order valence-electron chi connectivity index (χ2n) is 8.32. The van der Waals surface area contributed by atoms with E-state index < -0.39 is 0 Å². The van der Waals surface area contributed by atoms with Crippen LogP contribution >= 0.6 is 23.2 Å². The monoisotopic (exact) mass is 465 g/mol. The van der Waals surface area contributed by atoms with Gasteiger partial charge in [0.25, 0.3) is 0 Å². The van der Waals surface area contributed by atoms with E-state index in [4.69, 9.17) is 27.9 Å². The smallest absolute Gasteiger partial charge is 0.237 e. The first-order chi connectivity index (χ1) is 15.5. The van der Waals surface area contributed by atoms with Crippen molar-refractivity contribution in [2.45, 2.75) is 25.2 Å². The number of hydrogen-bond donors (Lipinski definition) is 0. The van der Waals surface area contributed by atoms with Crippen LogP contribution in [0.15, 0.2) is 72.8 Å². The van der Waals surface area contributed by atoms with Gasteiger partial charge in [-0.1, -0.05) is 53.5 Å². The zero-order valence-electron chi connectivity index (χ0n) is 17.2. The fourth-order valence-corrected chi connectivity index (χ4v) is 5.26. The lowest BCUT2D eigenvalue weighted by molar-refractivity contribution is -0.122. The molecule has 6 heteroatoms. The predicted molar refractivity (Wildman–Crippen MR) is 125 cm³/mol. The summed E-state index contributed by atoms with van der Waals surface area (Å²) in [5, 5.41) is 0.934. The maximum absolute atomic E-state index is 13.2. The molecule has 1 saturated carbocycles. The summed E-state index contributed by atoms with van der Waals surface area (Å²) in [5.41, 5.74) is 1.81. The van der Waals surface area contributed by atoms with Crippen LogP contribution in [0, 0.1) is 11.8 Å². The summed E-state index contributed by atoms with van der Waals surface area (Å²) in [4.78, 5) is 27.7. The first-order valence-corrected chi connectivity index (χ1v) is 11.4. The van der Waals surface area contributed by atoms with Gasteiger partial charge in [-0.3, -0.25) is 14.5 Å². The molecule has 5 rings (SSSR count). The molecule has 0 N–H and O–H groups in total. The molecule has 0 spiro atoms. The molecule has 3 atom stereocenters. The van der Waals surface area contributed by atoms with Gasteiger partial charge in [0.05, 0.1) is 22.5 Å². The minimum atomic E-state index is -0.259. The SMILES string of the molecule is O=C1[C@H]2CC[C@H](c3ccccc3)C[C@@H]2C(=O)N1c1ccc(Oc2ccc(Cl)cc2Cl)cc1. The maximum atomic E-state index is 13.2. The Kier molecular flexibility index (Phi) is 5.66. The van der Waals surface area contributed by atoms with Crippen molar-refractivity contribution >= 4 is 40.7 Å². The molecule has 1 saturated heterocycles. The van der Waals surface area contributed by atoms with Crippen molar-refractivity contribution in [1.82, 2.24) is 0 Å². The highest BCUT2D eigenvalue weighted by Gasteiger charge is 2.50. The number of amides is 2. The zero-order chi connectivity index (χ0) is 22.2. The number of ether oxygens (including phenoxy) is 1. The number of fused-ring (bicyclic) bond motifs is 1. The summed E-state index contributed by atoms with van der Waals surface area (Å²) >= 11 is 12.1. The Morgan fingerprint density at radius 2 is 1.53 bits per heavy atom. The molecule has 3 aromatic carbocycles. The van der Waals surface area contributed by atoms with Crippen LogP contribution in [0.5, 0.6) is 11.5 Å². The normalized spacial score (nSPS) is 22.7. The van der Waals surface area contributed by atoms with Crippen LogP contribution < -0.4 is 9.64 Å². The van der Waals surface area contributed by atoms with Gasteiger partial charge in [0.15, 0.2) is 0 Å². The number of halogens is 2. The average Bonchev–Trinajstić information content (AvgIpc) is 3.06. The van der Waals surface area contributed by atoms with Gasteiger partial charge in [-0.2, -0.15) is 0 Å². The third-order valence-electron chi connectivity index (χ3n) is 6.41. The highest BCUT2D eigenvalue weighted by atomic mass is 35.5. The van der Waals surface area contributed by atoms with Crippen LogP contribution in [0.25, 0.3) is 0 Å². The molecule has 3 aromatic rings. The molecule has 0 bridgehead atoms. The molecule has 2 amide bonds. The van der Waals surface area contributed by atoms with Crippen molar-refractivity contribution in [2.24, 2.45) is 11.8 Å². The highest BCUT2D eigenvalue weighted by Crippen LogP contribution is 2.45. The van der Waals surface area contributed by atoms with Crippen molar-refractivity contribution in [3.63, 3.8) is 0 Å². The molecule has 1 aliphatic carbocycles. The van der Waals surface area contributed by atoms with Crippen molar-refractivity contribution in [3.8, 4) is 11.5 Å². The average molecular weight is 466 g/mol. The quantitative estimate of drug-likeness (QED) is 0.395. The fourth-order valence-electron chi connectivity index (χ4n) is 4.81. The van der Waals surface area contributed by atoms with Crippen LogP contribution in [-0.4, -0.2) is 11.8 Å². The summed E-state index contributed by atoms with van der Waals surface area (Å²) in [5.74, 6) is 0.662. The second kappa shape index (κ2) is 8.61. The molecule has 4 nitrogen and oxygen atoms in total. The number of carbonyl (C=O) groups is 2. The van der Waals surface area contributed by atoms with Crippen molar-refractivity contribution in [3.05, 3.63) is 88.4 Å². The molecule has 0 unspecified atom stereocenters. The van der Waals surface area contributed by atoms with E-state index in [1.807, 2.05) is 18.2 Å². The second-order valence-corrected chi connectivity index (χ2v) is 9.16. The largest absolute Gasteiger partial charge is 0.456 e. The summed E-state index contributed by atoms with van der Waals surface area (Å²) in [6.45, 7) is 0. The lowest BCUT2D eigenvalue weighted by Crippen LogP contribution is -2.30. The number of carbonyl (C=O) groups excluding carboxylic acids is 2. The predicted octanol–water partition coefficient (Wildman–Crippen LogP) is 6.86. The minimum Gasteiger partial charge on any atom is -0.456 e. The van der Waals surface area contributed by atoms with E-state index >= 15 is 0 Å². The number of nitrogens with zero attached hydrogens (tertiary/aromatic N) is 1. The van der Waals surface area contributed by atoms with Crippen LogP contribution in [-0.2, 0) is 9.59 Å². The molecule has 0 aromatic heterocycles. The lowest BCUT2D eigenvalue weighted by atomic mass is 9.73. The van der Waals surface area contributed by atoms with Gasteiger partial charge < -0.3 is 4.74 Å². The van der Waals surface area contributed by atoms with Crippen LogP contribution in [0.2, 0.25) is 10.0 Å². The molecular weight excluding hydrogens is 445 g/mol. The Bertz CT molecular complexity index is 1160. The van der Waals surface area contributed by atoms with Gasteiger partial charge in [0, 0.05) is 5.02 Å². The molecule has 0 radical (unpaired) electrons. The molecular formula is C26H21Cl2NO3. The van der Waals surface area contributed by atoms with Gasteiger partial charge >= 0.3 is 0 Å². The van der Waals surface area contributed by atoms with E-state index in [9.17, 15) is 9.59 Å². The van der Waals surface area contributed by atoms with Gasteiger partial charge in [-0.05, 0) is 73.2 Å². The van der Waals surface area contributed by atoms with E-state index in [1.54, 1.807) is 42.5 Å². The third kappa shape index (κ3) is 3.89. The zero-order valence-corrected chi connectivity index (χ0v) is 18.7. The summed E-state index contributed by atoms with van der Waals surface area (Å²) in [6, 6.07) is 22.2. The van der Waals surface area contributed by atoms with Crippen molar-refractivity contribution in [2.75, 3.05) is 4.90 Å². The minimum absolute atomic E-state index is 0.0964. The molecule has 2 aliphatic rings. The van der Waals surface area contributed by atoms with Crippen LogP contribution in [0.1, 0.15) is 30.7 Å². The summed E-state index contributed by atoms with van der Waals surface area (Å²) < 4.78 is 5.81.